The standard InChI is InChI=1S/C29H40N6O2/c1-5-6-23(31)13-22(17-30)28(36)32-24-8-7-20(2)25(16-24)21-14-26(34-9-11-37-12-10-34)33-27(15-21)35-18-29(3,4)19-35/h7-8,13-17H,5-6,9-12,18-19,30-31H2,1-4H3,(H,32,36)/b22-17+,23-13-. The van der Waals surface area contributed by atoms with Gasteiger partial charge in [0.2, 0.25) is 0 Å². The number of benzene rings is 1. The van der Waals surface area contributed by atoms with Gasteiger partial charge in [-0.15, -0.1) is 0 Å². The monoisotopic (exact) mass is 504 g/mol. The van der Waals surface area contributed by atoms with Crippen LogP contribution in [0, 0.1) is 12.3 Å². The van der Waals surface area contributed by atoms with Crippen LogP contribution in [0.4, 0.5) is 17.3 Å². The summed E-state index contributed by atoms with van der Waals surface area (Å²) in [6.07, 6.45) is 4.55. The molecule has 198 valence electrons. The van der Waals surface area contributed by atoms with E-state index in [0.29, 0.717) is 42.0 Å². The molecule has 2 aliphatic rings. The molecule has 8 heteroatoms. The first kappa shape index (κ1) is 26.5. The Morgan fingerprint density at radius 1 is 1.14 bits per heavy atom. The van der Waals surface area contributed by atoms with Crippen molar-refractivity contribution in [2.75, 3.05) is 54.5 Å². The maximum atomic E-state index is 12.9. The largest absolute Gasteiger partial charge is 0.404 e. The zero-order valence-electron chi connectivity index (χ0n) is 22.5. The fourth-order valence-corrected chi connectivity index (χ4v) is 4.89. The molecular formula is C29H40N6O2. The van der Waals surface area contributed by atoms with E-state index in [1.165, 1.54) is 6.20 Å². The van der Waals surface area contributed by atoms with Crippen LogP contribution in [-0.2, 0) is 9.53 Å². The molecule has 2 aromatic rings. The van der Waals surface area contributed by atoms with Crippen molar-refractivity contribution in [3.8, 4) is 11.1 Å². The molecule has 0 spiro atoms. The fraction of sp³-hybridized carbons (Fsp3) is 0.448. The average Bonchev–Trinajstić information content (AvgIpc) is 2.87. The number of morpholine rings is 1. The SMILES string of the molecule is CCC/C(N)=C/C(=C\N)C(=O)Nc1ccc(C)c(-c2cc(N3CCOCC3)nc(N3CC(C)(C)C3)c2)c1. The number of nitrogens with two attached hydrogens (primary N) is 2. The summed E-state index contributed by atoms with van der Waals surface area (Å²) in [6.45, 7) is 13.7. The lowest BCUT2D eigenvalue weighted by atomic mass is 9.84. The number of pyridine rings is 1. The number of allylic oxidation sites excluding steroid dienone is 1. The number of hydrogen-bond donors (Lipinski definition) is 3. The molecule has 0 saturated carbocycles. The second kappa shape index (κ2) is 11.3. The van der Waals surface area contributed by atoms with E-state index >= 15 is 0 Å². The van der Waals surface area contributed by atoms with Crippen molar-refractivity contribution < 1.29 is 9.53 Å². The van der Waals surface area contributed by atoms with Gasteiger partial charge in [-0.25, -0.2) is 4.98 Å². The molecule has 1 aromatic heterocycles. The molecule has 4 rings (SSSR count). The highest BCUT2D eigenvalue weighted by Gasteiger charge is 2.35. The van der Waals surface area contributed by atoms with E-state index in [1.807, 2.05) is 25.1 Å². The number of nitrogens with zero attached hydrogens (tertiary/aromatic N) is 3. The summed E-state index contributed by atoms with van der Waals surface area (Å²) in [6, 6.07) is 10.3. The summed E-state index contributed by atoms with van der Waals surface area (Å²) in [5, 5.41) is 2.99. The van der Waals surface area contributed by atoms with Crippen molar-refractivity contribution in [1.29, 1.82) is 0 Å². The van der Waals surface area contributed by atoms with Gasteiger partial charge in [0.25, 0.3) is 5.91 Å². The Morgan fingerprint density at radius 2 is 1.81 bits per heavy atom. The molecule has 3 heterocycles. The summed E-state index contributed by atoms with van der Waals surface area (Å²) < 4.78 is 5.57. The second-order valence-corrected chi connectivity index (χ2v) is 10.8. The summed E-state index contributed by atoms with van der Waals surface area (Å²) in [5.41, 5.74) is 17.0. The summed E-state index contributed by atoms with van der Waals surface area (Å²) >= 11 is 0. The van der Waals surface area contributed by atoms with Crippen LogP contribution in [0.2, 0.25) is 0 Å². The Bertz CT molecular complexity index is 1190. The highest BCUT2D eigenvalue weighted by Crippen LogP contribution is 2.37. The third-order valence-corrected chi connectivity index (χ3v) is 6.82. The topological polar surface area (TPSA) is 110 Å². The van der Waals surface area contributed by atoms with Crippen molar-refractivity contribution in [3.05, 3.63) is 59.4 Å². The van der Waals surface area contributed by atoms with Gasteiger partial charge in [0.05, 0.1) is 18.8 Å². The average molecular weight is 505 g/mol. The molecule has 0 unspecified atom stereocenters. The Labute approximate surface area is 220 Å². The van der Waals surface area contributed by atoms with Gasteiger partial charge >= 0.3 is 0 Å². The van der Waals surface area contributed by atoms with E-state index < -0.39 is 0 Å². The fourth-order valence-electron chi connectivity index (χ4n) is 4.89. The van der Waals surface area contributed by atoms with Gasteiger partial charge in [-0.1, -0.05) is 33.3 Å². The number of aromatic nitrogens is 1. The molecule has 37 heavy (non-hydrogen) atoms. The van der Waals surface area contributed by atoms with Crippen LogP contribution in [0.15, 0.2) is 53.9 Å². The number of carbonyl (C=O) groups excluding carboxylic acids is 1. The second-order valence-electron chi connectivity index (χ2n) is 10.8. The summed E-state index contributed by atoms with van der Waals surface area (Å²) in [5.74, 6) is 1.65. The van der Waals surface area contributed by atoms with Crippen LogP contribution in [0.3, 0.4) is 0 Å². The lowest BCUT2D eigenvalue weighted by molar-refractivity contribution is -0.112. The smallest absolute Gasteiger partial charge is 0.257 e. The first-order chi connectivity index (χ1) is 17.7. The van der Waals surface area contributed by atoms with Crippen LogP contribution in [-0.4, -0.2) is 50.3 Å². The third kappa shape index (κ3) is 6.43. The number of rotatable bonds is 8. The highest BCUT2D eigenvalue weighted by molar-refractivity contribution is 6.06. The van der Waals surface area contributed by atoms with E-state index in [1.54, 1.807) is 6.08 Å². The molecule has 0 atom stereocenters. The van der Waals surface area contributed by atoms with Crippen LogP contribution in [0.25, 0.3) is 11.1 Å². The normalized spacial score (nSPS) is 17.9. The number of nitrogens with one attached hydrogen (secondary N) is 1. The highest BCUT2D eigenvalue weighted by atomic mass is 16.5. The van der Waals surface area contributed by atoms with Gasteiger partial charge in [-0.2, -0.15) is 0 Å². The number of amides is 1. The van der Waals surface area contributed by atoms with Gasteiger partial charge < -0.3 is 31.3 Å². The van der Waals surface area contributed by atoms with Gasteiger partial charge in [-0.05, 0) is 65.8 Å². The minimum absolute atomic E-state index is 0.288. The first-order valence-corrected chi connectivity index (χ1v) is 13.1. The van der Waals surface area contributed by atoms with Crippen LogP contribution < -0.4 is 26.6 Å². The number of carbonyl (C=O) groups is 1. The van der Waals surface area contributed by atoms with Crippen molar-refractivity contribution in [3.63, 3.8) is 0 Å². The molecule has 5 N–H and O–H groups in total. The summed E-state index contributed by atoms with van der Waals surface area (Å²) in [7, 11) is 0. The van der Waals surface area contributed by atoms with Crippen molar-refractivity contribution in [1.82, 2.24) is 4.98 Å². The zero-order chi connectivity index (χ0) is 26.6. The van der Waals surface area contributed by atoms with Crippen LogP contribution in [0.1, 0.15) is 39.2 Å². The molecule has 8 nitrogen and oxygen atoms in total. The van der Waals surface area contributed by atoms with Crippen LogP contribution >= 0.6 is 0 Å². The predicted molar refractivity (Wildman–Crippen MR) is 152 cm³/mol. The number of ether oxygens (including phenoxy) is 1. The molecule has 2 saturated heterocycles. The molecule has 2 fully saturated rings. The Morgan fingerprint density at radius 3 is 2.43 bits per heavy atom. The quantitative estimate of drug-likeness (QED) is 0.366. The molecule has 1 aromatic carbocycles. The van der Waals surface area contributed by atoms with E-state index in [-0.39, 0.29) is 5.91 Å². The molecule has 0 aliphatic carbocycles. The maximum Gasteiger partial charge on any atom is 0.257 e. The van der Waals surface area contributed by atoms with E-state index in [9.17, 15) is 4.79 Å². The lowest BCUT2D eigenvalue weighted by Gasteiger charge is -2.47. The van der Waals surface area contributed by atoms with Crippen molar-refractivity contribution in [2.45, 2.75) is 40.5 Å². The van der Waals surface area contributed by atoms with Gasteiger partial charge in [-0.3, -0.25) is 4.79 Å². The Balaban J connectivity index is 1.65. The van der Waals surface area contributed by atoms with Crippen molar-refractivity contribution in [2.24, 2.45) is 16.9 Å². The molecular weight excluding hydrogens is 464 g/mol. The van der Waals surface area contributed by atoms with Gasteiger partial charge in [0.15, 0.2) is 0 Å². The molecule has 1 amide bonds. The number of aryl methyl sites for hydroxylation is 1. The molecule has 0 radical (unpaired) electrons. The lowest BCUT2D eigenvalue weighted by Crippen LogP contribution is -2.53. The Kier molecular flexibility index (Phi) is 8.07. The number of hydrogen-bond acceptors (Lipinski definition) is 7. The minimum Gasteiger partial charge on any atom is -0.404 e. The molecule has 2 aliphatic heterocycles. The van der Waals surface area contributed by atoms with Gasteiger partial charge in [0, 0.05) is 43.8 Å². The molecule has 0 bridgehead atoms. The van der Waals surface area contributed by atoms with Gasteiger partial charge in [0.1, 0.15) is 11.6 Å². The zero-order valence-corrected chi connectivity index (χ0v) is 22.5. The minimum atomic E-state index is -0.288. The maximum absolute atomic E-state index is 12.9. The summed E-state index contributed by atoms with van der Waals surface area (Å²) in [4.78, 5) is 22.6. The Hall–Kier alpha value is -3.52. The first-order valence-electron chi connectivity index (χ1n) is 13.1. The number of anilines is 3. The van der Waals surface area contributed by atoms with E-state index in [0.717, 1.165) is 60.9 Å². The van der Waals surface area contributed by atoms with Crippen LogP contribution in [0.5, 0.6) is 0 Å². The predicted octanol–water partition coefficient (Wildman–Crippen LogP) is 4.16. The van der Waals surface area contributed by atoms with E-state index in [2.05, 4.69) is 48.0 Å². The third-order valence-electron chi connectivity index (χ3n) is 6.82. The van der Waals surface area contributed by atoms with Crippen molar-refractivity contribution >= 4 is 23.2 Å². The van der Waals surface area contributed by atoms with E-state index in [4.69, 9.17) is 21.2 Å².